The van der Waals surface area contributed by atoms with Crippen molar-refractivity contribution < 1.29 is 14.3 Å². The third kappa shape index (κ3) is 5.71. The van der Waals surface area contributed by atoms with Gasteiger partial charge in [0.05, 0.1) is 11.6 Å². The average Bonchev–Trinajstić information content (AvgIpc) is 2.65. The van der Waals surface area contributed by atoms with E-state index in [9.17, 15) is 10.1 Å². The van der Waals surface area contributed by atoms with Crippen molar-refractivity contribution in [3.8, 4) is 17.6 Å². The Hall–Kier alpha value is -2.56. The minimum atomic E-state index is -0.520. The molecule has 0 fully saturated rings. The van der Waals surface area contributed by atoms with Gasteiger partial charge in [-0.05, 0) is 58.4 Å². The summed E-state index contributed by atoms with van der Waals surface area (Å²) in [4.78, 5) is 12.5. The van der Waals surface area contributed by atoms with Gasteiger partial charge in [-0.3, -0.25) is 4.79 Å². The molecule has 27 heavy (non-hydrogen) atoms. The van der Waals surface area contributed by atoms with Crippen molar-refractivity contribution in [3.63, 3.8) is 0 Å². The summed E-state index contributed by atoms with van der Waals surface area (Å²) in [5, 5.41) is 12.1. The van der Waals surface area contributed by atoms with Crippen molar-refractivity contribution in [2.24, 2.45) is 0 Å². The molecule has 1 amide bonds. The third-order valence-corrected chi connectivity index (χ3v) is 4.44. The number of halogens is 2. The predicted molar refractivity (Wildman–Crippen MR) is 113 cm³/mol. The largest absolute Gasteiger partial charge is 0.497 e. The smallest absolute Gasteiger partial charge is 0.266 e. The zero-order valence-electron chi connectivity index (χ0n) is 14.5. The molecular weight excluding hydrogens is 476 g/mol. The highest BCUT2D eigenvalue weighted by atomic mass is 79.9. The van der Waals surface area contributed by atoms with Crippen LogP contribution in [-0.4, -0.2) is 19.6 Å². The highest BCUT2D eigenvalue weighted by molar-refractivity contribution is 9.11. The van der Waals surface area contributed by atoms with Crippen LogP contribution in [0.1, 0.15) is 5.56 Å². The van der Waals surface area contributed by atoms with Gasteiger partial charge in [-0.1, -0.05) is 28.6 Å². The Labute approximate surface area is 174 Å². The monoisotopic (exact) mass is 490 g/mol. The highest BCUT2D eigenvalue weighted by Crippen LogP contribution is 2.34. The summed E-state index contributed by atoms with van der Waals surface area (Å²) in [6, 6.07) is 12.3. The number of benzene rings is 2. The van der Waals surface area contributed by atoms with Crippen LogP contribution in [0.4, 0.5) is 5.69 Å². The maximum Gasteiger partial charge on any atom is 0.266 e. The first-order valence-electron chi connectivity index (χ1n) is 7.78. The van der Waals surface area contributed by atoms with Crippen LogP contribution in [0.15, 0.2) is 63.6 Å². The molecule has 0 radical (unpaired) electrons. The van der Waals surface area contributed by atoms with Gasteiger partial charge in [0.2, 0.25) is 0 Å². The normalized spacial score (nSPS) is 10.7. The van der Waals surface area contributed by atoms with Gasteiger partial charge in [0.25, 0.3) is 5.91 Å². The molecule has 0 spiro atoms. The number of anilines is 1. The second-order valence-corrected chi connectivity index (χ2v) is 7.03. The number of carbonyl (C=O) groups is 1. The molecule has 2 rings (SSSR count). The van der Waals surface area contributed by atoms with E-state index in [0.717, 1.165) is 4.47 Å². The summed E-state index contributed by atoms with van der Waals surface area (Å²) in [6.45, 7) is 3.92. The number of ether oxygens (including phenoxy) is 2. The Morgan fingerprint density at radius 3 is 2.59 bits per heavy atom. The quantitative estimate of drug-likeness (QED) is 0.322. The molecule has 0 unspecified atom stereocenters. The molecule has 0 bridgehead atoms. The molecule has 2 aromatic carbocycles. The summed E-state index contributed by atoms with van der Waals surface area (Å²) >= 11 is 6.83. The Bertz CT molecular complexity index is 916. The van der Waals surface area contributed by atoms with Gasteiger partial charge < -0.3 is 14.8 Å². The summed E-state index contributed by atoms with van der Waals surface area (Å²) in [7, 11) is 1.56. The lowest BCUT2D eigenvalue weighted by Crippen LogP contribution is -2.13. The van der Waals surface area contributed by atoms with Crippen LogP contribution in [0.5, 0.6) is 11.5 Å². The number of hydrogen-bond donors (Lipinski definition) is 1. The van der Waals surface area contributed by atoms with Crippen LogP contribution in [0, 0.1) is 11.3 Å². The first-order chi connectivity index (χ1) is 13.0. The Morgan fingerprint density at radius 2 is 2.00 bits per heavy atom. The number of nitrogens with zero attached hydrogens (tertiary/aromatic N) is 1. The number of carbonyl (C=O) groups excluding carboxylic acids is 1. The number of amides is 1. The van der Waals surface area contributed by atoms with Crippen LogP contribution in [0.2, 0.25) is 0 Å². The van der Waals surface area contributed by atoms with Crippen molar-refractivity contribution in [1.82, 2.24) is 0 Å². The topological polar surface area (TPSA) is 71.3 Å². The number of methoxy groups -OCH3 is 1. The molecule has 5 nitrogen and oxygen atoms in total. The van der Waals surface area contributed by atoms with Crippen molar-refractivity contribution in [2.75, 3.05) is 19.0 Å². The first-order valence-corrected chi connectivity index (χ1v) is 9.37. The van der Waals surface area contributed by atoms with Gasteiger partial charge in [0.15, 0.2) is 0 Å². The molecule has 0 saturated carbocycles. The molecule has 2 aromatic rings. The van der Waals surface area contributed by atoms with Crippen LogP contribution in [0.25, 0.3) is 6.08 Å². The molecule has 0 atom stereocenters. The fourth-order valence-corrected chi connectivity index (χ4v) is 3.53. The Kier molecular flexibility index (Phi) is 7.65. The fourth-order valence-electron chi connectivity index (χ4n) is 2.16. The summed E-state index contributed by atoms with van der Waals surface area (Å²) in [5.41, 5.74) is 1.08. The van der Waals surface area contributed by atoms with Crippen molar-refractivity contribution >= 4 is 49.5 Å². The van der Waals surface area contributed by atoms with Crippen LogP contribution in [-0.2, 0) is 4.79 Å². The summed E-state index contributed by atoms with van der Waals surface area (Å²) in [6.07, 6.45) is 3.09. The number of nitrogens with one attached hydrogen (secondary N) is 1. The van der Waals surface area contributed by atoms with E-state index in [2.05, 4.69) is 43.8 Å². The predicted octanol–water partition coefficient (Wildman–Crippen LogP) is 5.33. The maximum atomic E-state index is 12.5. The molecule has 0 aliphatic rings. The van der Waals surface area contributed by atoms with Crippen LogP contribution < -0.4 is 14.8 Å². The van der Waals surface area contributed by atoms with Gasteiger partial charge in [-0.15, -0.1) is 0 Å². The van der Waals surface area contributed by atoms with E-state index in [-0.39, 0.29) is 5.57 Å². The van der Waals surface area contributed by atoms with Crippen molar-refractivity contribution in [2.45, 2.75) is 0 Å². The number of hydrogen-bond acceptors (Lipinski definition) is 4. The van der Waals surface area contributed by atoms with E-state index < -0.39 is 5.91 Å². The minimum absolute atomic E-state index is 0.0562. The fraction of sp³-hybridized carbons (Fsp3) is 0.100. The van der Waals surface area contributed by atoms with E-state index >= 15 is 0 Å². The third-order valence-electron chi connectivity index (χ3n) is 3.40. The van der Waals surface area contributed by atoms with E-state index in [0.29, 0.717) is 33.8 Å². The van der Waals surface area contributed by atoms with Gasteiger partial charge in [0, 0.05) is 15.7 Å². The number of nitriles is 1. The zero-order chi connectivity index (χ0) is 19.8. The summed E-state index contributed by atoms with van der Waals surface area (Å²) in [5.74, 6) is 0.670. The lowest BCUT2D eigenvalue weighted by molar-refractivity contribution is -0.112. The standard InChI is InChI=1S/C20H16Br2N2O3/c1-3-8-27-19-13(10-15(21)11-18(19)22)9-14(12-23)20(25)24-16-4-6-17(26-2)7-5-16/h3-7,9-11H,1,8H2,2H3,(H,24,25)/b14-9+. The molecule has 0 aliphatic carbocycles. The van der Waals surface area contributed by atoms with Gasteiger partial charge >= 0.3 is 0 Å². The maximum absolute atomic E-state index is 12.5. The summed E-state index contributed by atoms with van der Waals surface area (Å²) < 4.78 is 12.2. The lowest BCUT2D eigenvalue weighted by Gasteiger charge is -2.11. The Morgan fingerprint density at radius 1 is 1.30 bits per heavy atom. The molecule has 0 aliphatic heterocycles. The van der Waals surface area contributed by atoms with Gasteiger partial charge in [-0.2, -0.15) is 5.26 Å². The van der Waals surface area contributed by atoms with E-state index in [1.54, 1.807) is 43.5 Å². The van der Waals surface area contributed by atoms with Crippen LogP contribution in [0.3, 0.4) is 0 Å². The molecular formula is C20H16Br2N2O3. The first kappa shape index (κ1) is 20.7. The highest BCUT2D eigenvalue weighted by Gasteiger charge is 2.14. The second-order valence-electron chi connectivity index (χ2n) is 5.26. The average molecular weight is 492 g/mol. The molecule has 0 heterocycles. The minimum Gasteiger partial charge on any atom is -0.497 e. The van der Waals surface area contributed by atoms with E-state index in [4.69, 9.17) is 9.47 Å². The second kappa shape index (κ2) is 9.95. The lowest BCUT2D eigenvalue weighted by atomic mass is 10.1. The van der Waals surface area contributed by atoms with Gasteiger partial charge in [-0.25, -0.2) is 0 Å². The van der Waals surface area contributed by atoms with Crippen molar-refractivity contribution in [1.29, 1.82) is 5.26 Å². The zero-order valence-corrected chi connectivity index (χ0v) is 17.6. The van der Waals surface area contributed by atoms with Gasteiger partial charge in [0.1, 0.15) is 29.7 Å². The Balaban J connectivity index is 2.32. The molecule has 0 aromatic heterocycles. The van der Waals surface area contributed by atoms with Crippen molar-refractivity contribution in [3.05, 3.63) is 69.1 Å². The van der Waals surface area contributed by atoms with Crippen LogP contribution >= 0.6 is 31.9 Å². The molecule has 1 N–H and O–H groups in total. The number of rotatable bonds is 7. The molecule has 138 valence electrons. The SMILES string of the molecule is C=CCOc1c(Br)cc(Br)cc1/C=C(\C#N)C(=O)Nc1ccc(OC)cc1. The molecule has 0 saturated heterocycles. The van der Waals surface area contributed by atoms with E-state index in [1.807, 2.05) is 12.1 Å². The van der Waals surface area contributed by atoms with E-state index in [1.165, 1.54) is 6.08 Å². The molecule has 7 heteroatoms.